The zero-order chi connectivity index (χ0) is 12.8. The summed E-state index contributed by atoms with van der Waals surface area (Å²) in [5.41, 5.74) is 0. The zero-order valence-corrected chi connectivity index (χ0v) is 11.9. The molecule has 1 aliphatic rings. The van der Waals surface area contributed by atoms with E-state index in [0.29, 0.717) is 18.5 Å². The van der Waals surface area contributed by atoms with Gasteiger partial charge >= 0.3 is 6.01 Å². The van der Waals surface area contributed by atoms with Crippen molar-refractivity contribution < 1.29 is 4.74 Å². The Morgan fingerprint density at radius 1 is 1.28 bits per heavy atom. The van der Waals surface area contributed by atoms with Crippen molar-refractivity contribution in [1.82, 2.24) is 9.36 Å². The molecule has 0 spiro atoms. The Morgan fingerprint density at radius 2 is 2.06 bits per heavy atom. The molecule has 0 atom stereocenters. The monoisotopic (exact) mass is 264 g/mol. The van der Waals surface area contributed by atoms with E-state index >= 15 is 0 Å². The molecular formula is C14H20N2OS. The second-order valence-electron chi connectivity index (χ2n) is 4.87. The van der Waals surface area contributed by atoms with Gasteiger partial charge in [0.15, 0.2) is 6.61 Å². The van der Waals surface area contributed by atoms with E-state index in [-0.39, 0.29) is 0 Å². The Kier molecular flexibility index (Phi) is 5.00. The van der Waals surface area contributed by atoms with Crippen LogP contribution in [0.4, 0.5) is 0 Å². The van der Waals surface area contributed by atoms with Gasteiger partial charge in [-0.2, -0.15) is 4.98 Å². The van der Waals surface area contributed by atoms with Crippen LogP contribution in [0.1, 0.15) is 56.9 Å². The van der Waals surface area contributed by atoms with Crippen molar-refractivity contribution in [3.8, 4) is 17.9 Å². The summed E-state index contributed by atoms with van der Waals surface area (Å²) in [7, 11) is 0. The average molecular weight is 264 g/mol. The number of aromatic nitrogens is 2. The number of nitrogens with zero attached hydrogens (tertiary/aromatic N) is 2. The Balaban J connectivity index is 1.85. The molecule has 0 saturated heterocycles. The van der Waals surface area contributed by atoms with Gasteiger partial charge < -0.3 is 4.74 Å². The molecule has 4 heteroatoms. The van der Waals surface area contributed by atoms with Gasteiger partial charge in [0.25, 0.3) is 0 Å². The summed E-state index contributed by atoms with van der Waals surface area (Å²) in [6.45, 7) is 4.75. The molecule has 1 saturated carbocycles. The van der Waals surface area contributed by atoms with Gasteiger partial charge in [-0.3, -0.25) is 0 Å². The average Bonchev–Trinajstić information content (AvgIpc) is 2.84. The summed E-state index contributed by atoms with van der Waals surface area (Å²) in [6.07, 6.45) is 5.96. The third-order valence-corrected chi connectivity index (χ3v) is 4.22. The number of hydrogen-bond donors (Lipinski definition) is 0. The summed E-state index contributed by atoms with van der Waals surface area (Å²) in [5, 5.41) is 1.14. The smallest absolute Gasteiger partial charge is 0.329 e. The predicted molar refractivity (Wildman–Crippen MR) is 73.8 cm³/mol. The lowest BCUT2D eigenvalue weighted by Crippen LogP contribution is -2.10. The lowest BCUT2D eigenvalue weighted by Gasteiger charge is -2.23. The third kappa shape index (κ3) is 3.71. The van der Waals surface area contributed by atoms with E-state index in [2.05, 4.69) is 28.1 Å². The Labute approximate surface area is 113 Å². The van der Waals surface area contributed by atoms with Crippen LogP contribution < -0.4 is 4.74 Å². The van der Waals surface area contributed by atoms with Gasteiger partial charge in [0.05, 0.1) is 0 Å². The van der Waals surface area contributed by atoms with Gasteiger partial charge in [-0.1, -0.05) is 32.6 Å². The molecule has 3 nitrogen and oxygen atoms in total. The minimum Gasteiger partial charge on any atom is -0.450 e. The van der Waals surface area contributed by atoms with E-state index in [1.807, 2.05) is 6.92 Å². The van der Waals surface area contributed by atoms with E-state index in [9.17, 15) is 0 Å². The number of rotatable bonds is 3. The standard InChI is InChI=1S/C14H20N2OS/c1-3-4-5-10-17-14-15-13(18-16-14)12-8-6-11(2)7-9-12/h11-12H,3,6-10H2,1-2H3. The number of ether oxygens (including phenoxy) is 1. The van der Waals surface area contributed by atoms with Crippen LogP contribution in [-0.4, -0.2) is 16.0 Å². The van der Waals surface area contributed by atoms with Crippen LogP contribution in [0.3, 0.4) is 0 Å². The molecule has 1 fully saturated rings. The minimum atomic E-state index is 0.395. The first-order valence-corrected chi connectivity index (χ1v) is 7.49. The number of hydrogen-bond acceptors (Lipinski definition) is 4. The molecule has 0 bridgehead atoms. The van der Waals surface area contributed by atoms with Crippen molar-refractivity contribution in [2.45, 2.75) is 51.9 Å². The van der Waals surface area contributed by atoms with E-state index in [1.165, 1.54) is 37.2 Å². The molecule has 18 heavy (non-hydrogen) atoms. The summed E-state index contributed by atoms with van der Waals surface area (Å²) in [4.78, 5) is 4.47. The molecule has 0 amide bonds. The third-order valence-electron chi connectivity index (χ3n) is 3.36. The molecule has 0 aliphatic heterocycles. The molecule has 2 rings (SSSR count). The van der Waals surface area contributed by atoms with E-state index in [4.69, 9.17) is 4.74 Å². The summed E-state index contributed by atoms with van der Waals surface area (Å²) < 4.78 is 9.66. The summed E-state index contributed by atoms with van der Waals surface area (Å²) >= 11 is 1.49. The van der Waals surface area contributed by atoms with Crippen molar-refractivity contribution in [3.05, 3.63) is 5.01 Å². The highest BCUT2D eigenvalue weighted by atomic mass is 32.1. The molecular weight excluding hydrogens is 244 g/mol. The van der Waals surface area contributed by atoms with Crippen molar-refractivity contribution >= 4 is 11.5 Å². The van der Waals surface area contributed by atoms with Crippen molar-refractivity contribution in [2.24, 2.45) is 5.92 Å². The molecule has 1 heterocycles. The summed E-state index contributed by atoms with van der Waals surface area (Å²) in [6, 6.07) is 0.499. The fraction of sp³-hybridized carbons (Fsp3) is 0.714. The summed E-state index contributed by atoms with van der Waals surface area (Å²) in [5.74, 6) is 7.36. The van der Waals surface area contributed by atoms with Crippen LogP contribution in [0.2, 0.25) is 0 Å². The Bertz CT molecular complexity index is 424. The highest BCUT2D eigenvalue weighted by Crippen LogP contribution is 2.36. The van der Waals surface area contributed by atoms with Crippen molar-refractivity contribution in [2.75, 3.05) is 6.61 Å². The lowest BCUT2D eigenvalue weighted by atomic mass is 9.83. The van der Waals surface area contributed by atoms with Gasteiger partial charge in [-0.25, -0.2) is 0 Å². The molecule has 1 aliphatic carbocycles. The fourth-order valence-electron chi connectivity index (χ4n) is 2.23. The van der Waals surface area contributed by atoms with Crippen molar-refractivity contribution in [3.63, 3.8) is 0 Å². The molecule has 1 aromatic heterocycles. The van der Waals surface area contributed by atoms with Crippen LogP contribution in [0.5, 0.6) is 6.01 Å². The zero-order valence-electron chi connectivity index (χ0n) is 11.1. The van der Waals surface area contributed by atoms with E-state index in [0.717, 1.165) is 17.3 Å². The van der Waals surface area contributed by atoms with Gasteiger partial charge in [0.2, 0.25) is 0 Å². The topological polar surface area (TPSA) is 35.0 Å². The van der Waals surface area contributed by atoms with E-state index < -0.39 is 0 Å². The minimum absolute atomic E-state index is 0.395. The lowest BCUT2D eigenvalue weighted by molar-refractivity contribution is 0.332. The maximum absolute atomic E-state index is 5.42. The maximum Gasteiger partial charge on any atom is 0.329 e. The Morgan fingerprint density at radius 3 is 2.78 bits per heavy atom. The molecule has 1 aromatic rings. The first kappa shape index (κ1) is 13.4. The molecule has 0 N–H and O–H groups in total. The second-order valence-corrected chi connectivity index (χ2v) is 5.65. The first-order valence-electron chi connectivity index (χ1n) is 6.71. The SMILES string of the molecule is CCC#CCOc1nsc(C2CCC(C)CC2)n1. The largest absolute Gasteiger partial charge is 0.450 e. The van der Waals surface area contributed by atoms with Crippen LogP contribution >= 0.6 is 11.5 Å². The van der Waals surface area contributed by atoms with E-state index in [1.54, 1.807) is 0 Å². The predicted octanol–water partition coefficient (Wildman–Crippen LogP) is 3.62. The fourth-order valence-corrected chi connectivity index (χ4v) is 3.00. The van der Waals surface area contributed by atoms with Gasteiger partial charge in [0, 0.05) is 12.3 Å². The molecule has 0 unspecified atom stereocenters. The maximum atomic E-state index is 5.42. The highest BCUT2D eigenvalue weighted by Gasteiger charge is 2.23. The quantitative estimate of drug-likeness (QED) is 0.782. The molecule has 0 aromatic carbocycles. The van der Waals surface area contributed by atoms with Crippen LogP contribution in [0.15, 0.2) is 0 Å². The second kappa shape index (κ2) is 6.75. The van der Waals surface area contributed by atoms with Crippen LogP contribution in [0.25, 0.3) is 0 Å². The van der Waals surface area contributed by atoms with Crippen molar-refractivity contribution in [1.29, 1.82) is 0 Å². The van der Waals surface area contributed by atoms with Gasteiger partial charge in [0.1, 0.15) is 5.01 Å². The molecule has 98 valence electrons. The van der Waals surface area contributed by atoms with Crippen LogP contribution in [0, 0.1) is 17.8 Å². The van der Waals surface area contributed by atoms with Crippen LogP contribution in [-0.2, 0) is 0 Å². The normalized spacial score (nSPS) is 23.2. The Hall–Kier alpha value is -1.08. The highest BCUT2D eigenvalue weighted by molar-refractivity contribution is 7.05. The first-order chi connectivity index (χ1) is 8.79. The molecule has 0 radical (unpaired) electrons. The van der Waals surface area contributed by atoms with Gasteiger partial charge in [-0.05, 0) is 30.3 Å². The van der Waals surface area contributed by atoms with Gasteiger partial charge in [-0.15, -0.1) is 10.3 Å².